The topological polar surface area (TPSA) is 30.0 Å². The summed E-state index contributed by atoms with van der Waals surface area (Å²) in [5.41, 5.74) is 0.580. The summed E-state index contributed by atoms with van der Waals surface area (Å²) in [5, 5.41) is 1.82. The van der Waals surface area contributed by atoms with Crippen LogP contribution < -0.4 is 0 Å². The van der Waals surface area contributed by atoms with Gasteiger partial charge in [0, 0.05) is 17.1 Å². The summed E-state index contributed by atoms with van der Waals surface area (Å²) >= 11 is 3.23. The van der Waals surface area contributed by atoms with E-state index in [1.807, 2.05) is 5.38 Å². The first kappa shape index (κ1) is 10.7. The Morgan fingerprint density at radius 1 is 1.54 bits per heavy atom. The van der Waals surface area contributed by atoms with Gasteiger partial charge >= 0.3 is 0 Å². The normalized spacial score (nSPS) is 11.7. The summed E-state index contributed by atoms with van der Waals surface area (Å²) in [6, 6.07) is 0. The van der Waals surface area contributed by atoms with Crippen LogP contribution in [0, 0.1) is 0 Å². The maximum absolute atomic E-state index is 11.0. The minimum absolute atomic E-state index is 0.0389. The Bertz CT molecular complexity index is 312. The molecule has 0 aliphatic rings. The average molecular weight is 215 g/mol. The van der Waals surface area contributed by atoms with Gasteiger partial charge in [0.2, 0.25) is 0 Å². The van der Waals surface area contributed by atoms with Gasteiger partial charge in [-0.2, -0.15) is 0 Å². The number of rotatable bonds is 2. The quantitative estimate of drug-likeness (QED) is 0.560. The molecule has 1 aromatic heterocycles. The van der Waals surface area contributed by atoms with Gasteiger partial charge in [-0.1, -0.05) is 32.5 Å². The molecular weight excluding hydrogens is 202 g/mol. The zero-order valence-electron chi connectivity index (χ0n) is 8.25. The standard InChI is InChI=1S/C9H13NOS2/c1-6(11)7-5-12-8(10-7)13-9(2,3)4/h5H,1-4H3. The third-order valence-corrected chi connectivity index (χ3v) is 3.29. The molecule has 72 valence electrons. The van der Waals surface area contributed by atoms with Gasteiger partial charge in [-0.15, -0.1) is 11.3 Å². The van der Waals surface area contributed by atoms with Crippen LogP contribution in [0.25, 0.3) is 0 Å². The van der Waals surface area contributed by atoms with Gasteiger partial charge in [0.05, 0.1) is 0 Å². The van der Waals surface area contributed by atoms with Gasteiger partial charge in [-0.25, -0.2) is 4.98 Å². The molecule has 0 aliphatic carbocycles. The van der Waals surface area contributed by atoms with Crippen LogP contribution in [0.4, 0.5) is 0 Å². The number of carbonyl (C=O) groups excluding carboxylic acids is 1. The molecule has 0 unspecified atom stereocenters. The van der Waals surface area contributed by atoms with E-state index in [2.05, 4.69) is 25.8 Å². The van der Waals surface area contributed by atoms with Gasteiger partial charge in [0.1, 0.15) is 5.69 Å². The SMILES string of the molecule is CC(=O)c1csc(SC(C)(C)C)n1. The Morgan fingerprint density at radius 3 is 2.54 bits per heavy atom. The number of carbonyl (C=O) groups is 1. The summed E-state index contributed by atoms with van der Waals surface area (Å²) in [6.07, 6.45) is 0. The van der Waals surface area contributed by atoms with Crippen molar-refractivity contribution in [2.75, 3.05) is 0 Å². The van der Waals surface area contributed by atoms with E-state index in [0.29, 0.717) is 5.69 Å². The Kier molecular flexibility index (Phi) is 3.14. The molecule has 0 radical (unpaired) electrons. The van der Waals surface area contributed by atoms with E-state index in [1.165, 1.54) is 11.3 Å². The molecule has 1 aromatic rings. The molecule has 0 saturated carbocycles. The van der Waals surface area contributed by atoms with Crippen LogP contribution >= 0.6 is 23.1 Å². The first-order valence-electron chi connectivity index (χ1n) is 4.04. The summed E-state index contributed by atoms with van der Waals surface area (Å²) in [7, 11) is 0. The Balaban J connectivity index is 2.75. The van der Waals surface area contributed by atoms with Crippen molar-refractivity contribution in [1.29, 1.82) is 0 Å². The number of hydrogen-bond donors (Lipinski definition) is 0. The number of hydrogen-bond acceptors (Lipinski definition) is 4. The molecule has 1 heterocycles. The molecule has 0 atom stereocenters. The number of thiazole rings is 1. The predicted octanol–water partition coefficient (Wildman–Crippen LogP) is 3.24. The maximum atomic E-state index is 11.0. The van der Waals surface area contributed by atoms with Crippen molar-refractivity contribution in [3.63, 3.8) is 0 Å². The van der Waals surface area contributed by atoms with E-state index < -0.39 is 0 Å². The summed E-state index contributed by atoms with van der Waals surface area (Å²) < 4.78 is 1.13. The first-order valence-corrected chi connectivity index (χ1v) is 5.73. The van der Waals surface area contributed by atoms with Crippen LogP contribution in [-0.2, 0) is 0 Å². The zero-order chi connectivity index (χ0) is 10.1. The number of Topliss-reactive ketones (excluding diaryl/α,β-unsaturated/α-hetero) is 1. The number of thioether (sulfide) groups is 1. The van der Waals surface area contributed by atoms with E-state index in [4.69, 9.17) is 0 Å². The van der Waals surface area contributed by atoms with Crippen molar-refractivity contribution in [2.24, 2.45) is 0 Å². The smallest absolute Gasteiger partial charge is 0.179 e. The molecule has 13 heavy (non-hydrogen) atoms. The summed E-state index contributed by atoms with van der Waals surface area (Å²) in [4.78, 5) is 15.2. The van der Waals surface area contributed by atoms with Crippen molar-refractivity contribution in [3.8, 4) is 0 Å². The second kappa shape index (κ2) is 3.80. The van der Waals surface area contributed by atoms with Crippen molar-refractivity contribution >= 4 is 28.9 Å². The molecule has 4 heteroatoms. The van der Waals surface area contributed by atoms with E-state index in [-0.39, 0.29) is 10.5 Å². The highest BCUT2D eigenvalue weighted by atomic mass is 32.2. The molecule has 0 bridgehead atoms. The average Bonchev–Trinajstić information content (AvgIpc) is 2.31. The second-order valence-electron chi connectivity index (χ2n) is 3.77. The van der Waals surface area contributed by atoms with Crippen LogP contribution in [0.2, 0.25) is 0 Å². The molecule has 0 N–H and O–H groups in total. The first-order chi connectivity index (χ1) is 5.88. The summed E-state index contributed by atoms with van der Waals surface area (Å²) in [5.74, 6) is 0.0389. The van der Waals surface area contributed by atoms with Crippen molar-refractivity contribution in [2.45, 2.75) is 36.8 Å². The fraction of sp³-hybridized carbons (Fsp3) is 0.556. The van der Waals surface area contributed by atoms with Crippen molar-refractivity contribution in [3.05, 3.63) is 11.1 Å². The zero-order valence-corrected chi connectivity index (χ0v) is 9.88. The monoisotopic (exact) mass is 215 g/mol. The molecule has 1 rings (SSSR count). The molecule has 2 nitrogen and oxygen atoms in total. The molecule has 0 aliphatic heterocycles. The molecule has 0 spiro atoms. The van der Waals surface area contributed by atoms with Gasteiger partial charge in [0.25, 0.3) is 0 Å². The van der Waals surface area contributed by atoms with Crippen molar-refractivity contribution in [1.82, 2.24) is 4.98 Å². The molecule has 0 saturated heterocycles. The predicted molar refractivity (Wildman–Crippen MR) is 57.7 cm³/mol. The van der Waals surface area contributed by atoms with Crippen LogP contribution in [0.3, 0.4) is 0 Å². The van der Waals surface area contributed by atoms with E-state index in [9.17, 15) is 4.79 Å². The van der Waals surface area contributed by atoms with Crippen LogP contribution in [-0.4, -0.2) is 15.5 Å². The highest BCUT2D eigenvalue weighted by Crippen LogP contribution is 2.33. The minimum atomic E-state index is 0.0389. The van der Waals surface area contributed by atoms with Gasteiger partial charge in [-0.05, 0) is 0 Å². The fourth-order valence-electron chi connectivity index (χ4n) is 0.728. The van der Waals surface area contributed by atoms with Crippen LogP contribution in [0.1, 0.15) is 38.2 Å². The lowest BCUT2D eigenvalue weighted by Gasteiger charge is -2.14. The van der Waals surface area contributed by atoms with Crippen LogP contribution in [0.15, 0.2) is 9.72 Å². The third kappa shape index (κ3) is 3.48. The molecule has 0 fully saturated rings. The van der Waals surface area contributed by atoms with Gasteiger partial charge in [0.15, 0.2) is 10.1 Å². The molecular formula is C9H13NOS2. The number of aromatic nitrogens is 1. The highest BCUT2D eigenvalue weighted by Gasteiger charge is 2.15. The number of ketones is 1. The fourth-order valence-corrected chi connectivity index (χ4v) is 3.06. The van der Waals surface area contributed by atoms with Gasteiger partial charge < -0.3 is 0 Å². The summed E-state index contributed by atoms with van der Waals surface area (Å²) in [6.45, 7) is 7.94. The van der Waals surface area contributed by atoms with Crippen LogP contribution in [0.5, 0.6) is 0 Å². The largest absolute Gasteiger partial charge is 0.293 e. The minimum Gasteiger partial charge on any atom is -0.293 e. The lowest BCUT2D eigenvalue weighted by atomic mass is 10.3. The maximum Gasteiger partial charge on any atom is 0.179 e. The Hall–Kier alpha value is -0.350. The lowest BCUT2D eigenvalue weighted by Crippen LogP contribution is -2.06. The second-order valence-corrected chi connectivity index (χ2v) is 6.70. The molecule has 0 aromatic carbocycles. The Labute approximate surface area is 86.8 Å². The van der Waals surface area contributed by atoms with E-state index in [1.54, 1.807) is 18.7 Å². The highest BCUT2D eigenvalue weighted by molar-refractivity contribution is 8.02. The van der Waals surface area contributed by atoms with E-state index >= 15 is 0 Å². The van der Waals surface area contributed by atoms with Crippen molar-refractivity contribution < 1.29 is 4.79 Å². The number of nitrogens with zero attached hydrogens (tertiary/aromatic N) is 1. The lowest BCUT2D eigenvalue weighted by molar-refractivity contribution is 0.101. The Morgan fingerprint density at radius 2 is 2.15 bits per heavy atom. The van der Waals surface area contributed by atoms with E-state index in [0.717, 1.165) is 4.34 Å². The third-order valence-electron chi connectivity index (χ3n) is 1.24. The van der Waals surface area contributed by atoms with Gasteiger partial charge in [-0.3, -0.25) is 4.79 Å². The molecule has 0 amide bonds.